The third kappa shape index (κ3) is 6.99. The van der Waals surface area contributed by atoms with E-state index in [-0.39, 0.29) is 6.10 Å². The lowest BCUT2D eigenvalue weighted by molar-refractivity contribution is -0.00177. The lowest BCUT2D eigenvalue weighted by Crippen LogP contribution is -2.37. The van der Waals surface area contributed by atoms with Crippen LogP contribution in [0.2, 0.25) is 0 Å². The standard InChI is InChI=1S/C13H27NO3/c1-3-4-7-14(12-5-6-12)10-13(15)11-17-9-8-16-2/h12-13,15H,3-11H2,1-2H3. The molecule has 0 aromatic carbocycles. The average molecular weight is 245 g/mol. The van der Waals surface area contributed by atoms with E-state index in [1.165, 1.54) is 25.7 Å². The predicted octanol–water partition coefficient (Wildman–Crippen LogP) is 1.27. The Bertz CT molecular complexity index is 186. The molecule has 1 N–H and O–H groups in total. The van der Waals surface area contributed by atoms with Gasteiger partial charge in [-0.25, -0.2) is 0 Å². The molecule has 1 fully saturated rings. The lowest BCUT2D eigenvalue weighted by Gasteiger charge is -2.24. The van der Waals surface area contributed by atoms with E-state index in [1.807, 2.05) is 0 Å². The van der Waals surface area contributed by atoms with Gasteiger partial charge >= 0.3 is 0 Å². The molecule has 0 heterocycles. The summed E-state index contributed by atoms with van der Waals surface area (Å²) in [5.41, 5.74) is 0. The highest BCUT2D eigenvalue weighted by Crippen LogP contribution is 2.27. The van der Waals surface area contributed by atoms with Gasteiger partial charge in [-0.2, -0.15) is 0 Å². The fraction of sp³-hybridized carbons (Fsp3) is 1.00. The van der Waals surface area contributed by atoms with Crippen molar-refractivity contribution < 1.29 is 14.6 Å². The van der Waals surface area contributed by atoms with Crippen molar-refractivity contribution in [3.8, 4) is 0 Å². The van der Waals surface area contributed by atoms with Gasteiger partial charge in [0.25, 0.3) is 0 Å². The number of hydrogen-bond acceptors (Lipinski definition) is 4. The van der Waals surface area contributed by atoms with Gasteiger partial charge in [-0.1, -0.05) is 13.3 Å². The molecule has 1 saturated carbocycles. The van der Waals surface area contributed by atoms with Gasteiger partial charge < -0.3 is 14.6 Å². The molecule has 1 rings (SSSR count). The molecule has 0 aromatic rings. The van der Waals surface area contributed by atoms with Gasteiger partial charge in [0.15, 0.2) is 0 Å². The molecule has 0 radical (unpaired) electrons. The van der Waals surface area contributed by atoms with Crippen LogP contribution in [0.25, 0.3) is 0 Å². The van der Waals surface area contributed by atoms with Crippen LogP contribution >= 0.6 is 0 Å². The molecule has 1 aliphatic carbocycles. The van der Waals surface area contributed by atoms with Gasteiger partial charge in [0.1, 0.15) is 0 Å². The number of nitrogens with zero attached hydrogens (tertiary/aromatic N) is 1. The number of ether oxygens (including phenoxy) is 2. The molecular weight excluding hydrogens is 218 g/mol. The van der Waals surface area contributed by atoms with Crippen molar-refractivity contribution in [2.45, 2.75) is 44.8 Å². The fourth-order valence-electron chi connectivity index (χ4n) is 1.91. The predicted molar refractivity (Wildman–Crippen MR) is 68.2 cm³/mol. The summed E-state index contributed by atoms with van der Waals surface area (Å²) in [6.45, 7) is 5.63. The highest BCUT2D eigenvalue weighted by molar-refractivity contribution is 4.85. The molecule has 0 saturated heterocycles. The van der Waals surface area contributed by atoms with Crippen LogP contribution in [0.4, 0.5) is 0 Å². The van der Waals surface area contributed by atoms with E-state index in [9.17, 15) is 5.11 Å². The number of unbranched alkanes of at least 4 members (excludes halogenated alkanes) is 1. The SMILES string of the molecule is CCCCN(CC(O)COCCOC)C1CC1. The Kier molecular flexibility index (Phi) is 7.77. The van der Waals surface area contributed by atoms with Crippen LogP contribution in [-0.2, 0) is 9.47 Å². The van der Waals surface area contributed by atoms with Crippen molar-refractivity contribution >= 4 is 0 Å². The van der Waals surface area contributed by atoms with E-state index < -0.39 is 0 Å². The average Bonchev–Trinajstić information content (AvgIpc) is 3.14. The molecule has 102 valence electrons. The largest absolute Gasteiger partial charge is 0.389 e. The van der Waals surface area contributed by atoms with Crippen molar-refractivity contribution in [3.63, 3.8) is 0 Å². The number of hydrogen-bond donors (Lipinski definition) is 1. The third-order valence-electron chi connectivity index (χ3n) is 3.05. The monoisotopic (exact) mass is 245 g/mol. The molecule has 0 aromatic heterocycles. The Balaban J connectivity index is 2.10. The summed E-state index contributed by atoms with van der Waals surface area (Å²) in [6.07, 6.45) is 4.64. The second-order valence-corrected chi connectivity index (χ2v) is 4.80. The van der Waals surface area contributed by atoms with Crippen molar-refractivity contribution in [1.29, 1.82) is 0 Å². The van der Waals surface area contributed by atoms with Gasteiger partial charge in [-0.05, 0) is 25.8 Å². The molecule has 4 nitrogen and oxygen atoms in total. The maximum atomic E-state index is 9.89. The molecule has 0 aliphatic heterocycles. The van der Waals surface area contributed by atoms with Crippen LogP contribution in [0, 0.1) is 0 Å². The van der Waals surface area contributed by atoms with Crippen LogP contribution in [0.1, 0.15) is 32.6 Å². The molecule has 0 amide bonds. The topological polar surface area (TPSA) is 41.9 Å². The summed E-state index contributed by atoms with van der Waals surface area (Å²) in [5.74, 6) is 0. The van der Waals surface area contributed by atoms with Crippen molar-refractivity contribution in [2.24, 2.45) is 0 Å². The highest BCUT2D eigenvalue weighted by atomic mass is 16.5. The maximum absolute atomic E-state index is 9.89. The molecule has 4 heteroatoms. The Labute approximate surface area is 105 Å². The first-order chi connectivity index (χ1) is 8.27. The van der Waals surface area contributed by atoms with Crippen LogP contribution in [0.15, 0.2) is 0 Å². The van der Waals surface area contributed by atoms with E-state index in [0.717, 1.165) is 19.1 Å². The Morgan fingerprint density at radius 3 is 2.71 bits per heavy atom. The van der Waals surface area contributed by atoms with Crippen molar-refractivity contribution in [3.05, 3.63) is 0 Å². The van der Waals surface area contributed by atoms with E-state index >= 15 is 0 Å². The lowest BCUT2D eigenvalue weighted by atomic mass is 10.2. The minimum atomic E-state index is -0.371. The van der Waals surface area contributed by atoms with Crippen molar-refractivity contribution in [2.75, 3.05) is 40.0 Å². The van der Waals surface area contributed by atoms with Crippen LogP contribution in [-0.4, -0.2) is 62.2 Å². The summed E-state index contributed by atoms with van der Waals surface area (Å²) < 4.78 is 10.2. The van der Waals surface area contributed by atoms with E-state index in [0.29, 0.717) is 19.8 Å². The Morgan fingerprint density at radius 2 is 2.12 bits per heavy atom. The first-order valence-corrected chi connectivity index (χ1v) is 6.76. The normalized spacial score (nSPS) is 17.6. The van der Waals surface area contributed by atoms with Gasteiger partial charge in [0, 0.05) is 19.7 Å². The second-order valence-electron chi connectivity index (χ2n) is 4.80. The summed E-state index contributed by atoms with van der Waals surface area (Å²) in [6, 6.07) is 0.718. The van der Waals surface area contributed by atoms with E-state index in [1.54, 1.807) is 7.11 Å². The zero-order chi connectivity index (χ0) is 12.5. The second kappa shape index (κ2) is 8.86. The summed E-state index contributed by atoms with van der Waals surface area (Å²) in [4.78, 5) is 2.41. The maximum Gasteiger partial charge on any atom is 0.0900 e. The van der Waals surface area contributed by atoms with Crippen molar-refractivity contribution in [1.82, 2.24) is 4.90 Å². The van der Waals surface area contributed by atoms with Crippen LogP contribution in [0.3, 0.4) is 0 Å². The first kappa shape index (κ1) is 14.9. The van der Waals surface area contributed by atoms with Gasteiger partial charge in [0.2, 0.25) is 0 Å². The van der Waals surface area contributed by atoms with Crippen LogP contribution < -0.4 is 0 Å². The molecule has 0 bridgehead atoms. The zero-order valence-electron chi connectivity index (χ0n) is 11.2. The molecule has 1 atom stereocenters. The minimum Gasteiger partial charge on any atom is -0.389 e. The molecule has 1 aliphatic rings. The quantitative estimate of drug-likeness (QED) is 0.557. The first-order valence-electron chi connectivity index (χ1n) is 6.76. The van der Waals surface area contributed by atoms with Gasteiger partial charge in [-0.15, -0.1) is 0 Å². The zero-order valence-corrected chi connectivity index (χ0v) is 11.2. The number of methoxy groups -OCH3 is 1. The van der Waals surface area contributed by atoms with Crippen LogP contribution in [0.5, 0.6) is 0 Å². The minimum absolute atomic E-state index is 0.371. The summed E-state index contributed by atoms with van der Waals surface area (Å²) in [5, 5.41) is 9.89. The number of rotatable bonds is 11. The Hall–Kier alpha value is -0.160. The van der Waals surface area contributed by atoms with E-state index in [2.05, 4.69) is 11.8 Å². The summed E-state index contributed by atoms with van der Waals surface area (Å²) in [7, 11) is 1.65. The number of aliphatic hydroxyl groups is 1. The van der Waals surface area contributed by atoms with Gasteiger partial charge in [0.05, 0.1) is 25.9 Å². The molecule has 1 unspecified atom stereocenters. The molecule has 0 spiro atoms. The fourth-order valence-corrected chi connectivity index (χ4v) is 1.91. The van der Waals surface area contributed by atoms with E-state index in [4.69, 9.17) is 9.47 Å². The number of aliphatic hydroxyl groups excluding tert-OH is 1. The highest BCUT2D eigenvalue weighted by Gasteiger charge is 2.29. The Morgan fingerprint density at radius 1 is 1.35 bits per heavy atom. The summed E-state index contributed by atoms with van der Waals surface area (Å²) >= 11 is 0. The third-order valence-corrected chi connectivity index (χ3v) is 3.05. The molecule has 17 heavy (non-hydrogen) atoms. The van der Waals surface area contributed by atoms with Gasteiger partial charge in [-0.3, -0.25) is 4.90 Å². The smallest absolute Gasteiger partial charge is 0.0900 e. The molecular formula is C13H27NO3.